The molecule has 1 saturated heterocycles. The standard InChI is InChI=1S/C24H29NO5S/c1-15(2)14-30-18-9-7-17(8-10-18)22(26)20-21(19-6-5-13-31-19)25(24(28)23(20)27)11-12-29-16(3)4/h5-10,13,15-16,21,26H,11-12,14H2,1-4H3/b22-20-. The second-order valence-electron chi connectivity index (χ2n) is 8.16. The first-order valence-electron chi connectivity index (χ1n) is 10.5. The summed E-state index contributed by atoms with van der Waals surface area (Å²) in [4.78, 5) is 28.0. The van der Waals surface area contributed by atoms with Gasteiger partial charge in [0.2, 0.25) is 0 Å². The number of hydrogen-bond donors (Lipinski definition) is 1. The SMILES string of the molecule is CC(C)COc1ccc(/C(O)=C2/C(=O)C(=O)N(CCOC(C)C)C2c2cccs2)cc1. The highest BCUT2D eigenvalue weighted by Gasteiger charge is 2.46. The molecule has 1 fully saturated rings. The van der Waals surface area contributed by atoms with E-state index in [-0.39, 0.29) is 24.0 Å². The Morgan fingerprint density at radius 3 is 2.42 bits per heavy atom. The van der Waals surface area contributed by atoms with Gasteiger partial charge in [-0.05, 0) is 55.5 Å². The molecule has 1 amide bonds. The summed E-state index contributed by atoms with van der Waals surface area (Å²) in [7, 11) is 0. The van der Waals surface area contributed by atoms with Crippen LogP contribution < -0.4 is 4.74 Å². The zero-order valence-corrected chi connectivity index (χ0v) is 19.1. The quantitative estimate of drug-likeness (QED) is 0.347. The molecule has 0 aliphatic carbocycles. The molecule has 2 aromatic rings. The number of thiophene rings is 1. The van der Waals surface area contributed by atoms with Crippen LogP contribution in [-0.4, -0.2) is 47.6 Å². The number of carbonyl (C=O) groups is 2. The summed E-state index contributed by atoms with van der Waals surface area (Å²) in [6.45, 7) is 9.14. The lowest BCUT2D eigenvalue weighted by Crippen LogP contribution is -2.33. The normalized spacial score (nSPS) is 18.4. The minimum absolute atomic E-state index is 0.0217. The molecule has 0 spiro atoms. The third-order valence-electron chi connectivity index (χ3n) is 4.85. The van der Waals surface area contributed by atoms with Crippen LogP contribution in [0.1, 0.15) is 44.2 Å². The minimum Gasteiger partial charge on any atom is -0.507 e. The van der Waals surface area contributed by atoms with Gasteiger partial charge in [-0.25, -0.2) is 0 Å². The van der Waals surface area contributed by atoms with Crippen LogP contribution in [0.5, 0.6) is 5.75 Å². The molecule has 0 bridgehead atoms. The van der Waals surface area contributed by atoms with Crippen molar-refractivity contribution < 1.29 is 24.2 Å². The van der Waals surface area contributed by atoms with E-state index in [1.165, 1.54) is 16.2 Å². The number of ether oxygens (including phenoxy) is 2. The maximum absolute atomic E-state index is 12.9. The number of nitrogens with zero attached hydrogens (tertiary/aromatic N) is 1. The van der Waals surface area contributed by atoms with Gasteiger partial charge in [-0.3, -0.25) is 9.59 Å². The predicted molar refractivity (Wildman–Crippen MR) is 121 cm³/mol. The molecule has 3 rings (SSSR count). The average molecular weight is 444 g/mol. The van der Waals surface area contributed by atoms with Crippen LogP contribution >= 0.6 is 11.3 Å². The fraction of sp³-hybridized carbons (Fsp3) is 0.417. The van der Waals surface area contributed by atoms with E-state index < -0.39 is 17.7 Å². The van der Waals surface area contributed by atoms with Crippen LogP contribution in [0.15, 0.2) is 47.4 Å². The number of Topliss-reactive ketones (excluding diaryl/α,β-unsaturated/α-hetero) is 1. The summed E-state index contributed by atoms with van der Waals surface area (Å²) in [5.74, 6) is -0.398. The number of hydrogen-bond acceptors (Lipinski definition) is 6. The van der Waals surface area contributed by atoms with Crippen LogP contribution in [0.2, 0.25) is 0 Å². The van der Waals surface area contributed by atoms with Gasteiger partial charge >= 0.3 is 0 Å². The predicted octanol–water partition coefficient (Wildman–Crippen LogP) is 4.63. The van der Waals surface area contributed by atoms with Gasteiger partial charge in [-0.15, -0.1) is 11.3 Å². The molecule has 2 heterocycles. The third kappa shape index (κ3) is 5.35. The molecule has 1 N–H and O–H groups in total. The number of carbonyl (C=O) groups excluding carboxylic acids is 2. The van der Waals surface area contributed by atoms with Gasteiger partial charge < -0.3 is 19.5 Å². The van der Waals surface area contributed by atoms with Crippen LogP contribution in [0, 0.1) is 5.92 Å². The largest absolute Gasteiger partial charge is 0.507 e. The summed E-state index contributed by atoms with van der Waals surface area (Å²) in [5, 5.41) is 12.9. The highest BCUT2D eigenvalue weighted by Crippen LogP contribution is 2.41. The molecule has 166 valence electrons. The summed E-state index contributed by atoms with van der Waals surface area (Å²) < 4.78 is 11.3. The highest BCUT2D eigenvalue weighted by atomic mass is 32.1. The maximum Gasteiger partial charge on any atom is 0.295 e. The Balaban J connectivity index is 1.93. The highest BCUT2D eigenvalue weighted by molar-refractivity contribution is 7.10. The first-order valence-corrected chi connectivity index (χ1v) is 11.3. The van der Waals surface area contributed by atoms with Gasteiger partial charge in [-0.2, -0.15) is 0 Å². The van der Waals surface area contributed by atoms with Crippen molar-refractivity contribution in [1.29, 1.82) is 0 Å². The van der Waals surface area contributed by atoms with E-state index in [1.54, 1.807) is 24.3 Å². The Kier molecular flexibility index (Phi) is 7.51. The number of aliphatic hydroxyl groups excluding tert-OH is 1. The Morgan fingerprint density at radius 2 is 1.84 bits per heavy atom. The van der Waals surface area contributed by atoms with Gasteiger partial charge in [0.25, 0.3) is 11.7 Å². The second kappa shape index (κ2) is 10.1. The van der Waals surface area contributed by atoms with Crippen molar-refractivity contribution in [3.05, 3.63) is 57.8 Å². The van der Waals surface area contributed by atoms with E-state index in [4.69, 9.17) is 9.47 Å². The molecule has 0 saturated carbocycles. The van der Waals surface area contributed by atoms with Crippen LogP contribution in [-0.2, 0) is 14.3 Å². The molecule has 1 atom stereocenters. The molecule has 1 aliphatic heterocycles. The van der Waals surface area contributed by atoms with Crippen molar-refractivity contribution in [2.75, 3.05) is 19.8 Å². The molecular weight excluding hydrogens is 414 g/mol. The zero-order valence-electron chi connectivity index (χ0n) is 18.3. The summed E-state index contributed by atoms with van der Waals surface area (Å²) >= 11 is 1.44. The van der Waals surface area contributed by atoms with E-state index in [0.29, 0.717) is 30.4 Å². The van der Waals surface area contributed by atoms with E-state index in [9.17, 15) is 14.7 Å². The van der Waals surface area contributed by atoms with Crippen LogP contribution in [0.3, 0.4) is 0 Å². The lowest BCUT2D eigenvalue weighted by Gasteiger charge is -2.24. The van der Waals surface area contributed by atoms with E-state index in [1.807, 2.05) is 31.4 Å². The summed E-state index contributed by atoms with van der Waals surface area (Å²) in [6, 6.07) is 10.0. The van der Waals surface area contributed by atoms with Gasteiger partial charge in [0.15, 0.2) is 0 Å². The molecule has 1 aliphatic rings. The lowest BCUT2D eigenvalue weighted by atomic mass is 10.00. The fourth-order valence-electron chi connectivity index (χ4n) is 3.37. The molecule has 1 unspecified atom stereocenters. The molecule has 1 aromatic carbocycles. The Labute approximate surface area is 187 Å². The van der Waals surface area contributed by atoms with Crippen LogP contribution in [0.4, 0.5) is 0 Å². The maximum atomic E-state index is 12.9. The first-order chi connectivity index (χ1) is 14.8. The number of rotatable bonds is 9. The number of aliphatic hydroxyl groups is 1. The van der Waals surface area contributed by atoms with E-state index in [0.717, 1.165) is 4.88 Å². The minimum atomic E-state index is -0.680. The van der Waals surface area contributed by atoms with Gasteiger partial charge in [0, 0.05) is 17.0 Å². The van der Waals surface area contributed by atoms with Gasteiger partial charge in [0.05, 0.1) is 30.9 Å². The molecule has 7 heteroatoms. The summed E-state index contributed by atoms with van der Waals surface area (Å²) in [6.07, 6.45) is 0.0217. The van der Waals surface area contributed by atoms with E-state index >= 15 is 0 Å². The van der Waals surface area contributed by atoms with Gasteiger partial charge in [0.1, 0.15) is 11.5 Å². The van der Waals surface area contributed by atoms with Gasteiger partial charge in [-0.1, -0.05) is 19.9 Å². The van der Waals surface area contributed by atoms with E-state index in [2.05, 4.69) is 13.8 Å². The smallest absolute Gasteiger partial charge is 0.295 e. The fourth-order valence-corrected chi connectivity index (χ4v) is 4.21. The average Bonchev–Trinajstić information content (AvgIpc) is 3.34. The molecule has 6 nitrogen and oxygen atoms in total. The lowest BCUT2D eigenvalue weighted by molar-refractivity contribution is -0.140. The third-order valence-corrected chi connectivity index (χ3v) is 5.77. The van der Waals surface area contributed by atoms with Crippen molar-refractivity contribution in [3.8, 4) is 5.75 Å². The Bertz CT molecular complexity index is 931. The molecular formula is C24H29NO5S. The Morgan fingerprint density at radius 1 is 1.13 bits per heavy atom. The Hall–Kier alpha value is -2.64. The summed E-state index contributed by atoms with van der Waals surface area (Å²) in [5.41, 5.74) is 0.572. The van der Waals surface area contributed by atoms with Crippen molar-refractivity contribution in [2.24, 2.45) is 5.92 Å². The van der Waals surface area contributed by atoms with Crippen molar-refractivity contribution >= 4 is 28.8 Å². The number of benzene rings is 1. The molecule has 31 heavy (non-hydrogen) atoms. The molecule has 1 aromatic heterocycles. The molecule has 0 radical (unpaired) electrons. The topological polar surface area (TPSA) is 76.1 Å². The van der Waals surface area contributed by atoms with Crippen LogP contribution in [0.25, 0.3) is 5.76 Å². The van der Waals surface area contributed by atoms with Crippen molar-refractivity contribution in [1.82, 2.24) is 4.90 Å². The first kappa shape index (κ1) is 23.0. The van der Waals surface area contributed by atoms with Crippen molar-refractivity contribution in [2.45, 2.75) is 39.8 Å². The second-order valence-corrected chi connectivity index (χ2v) is 9.14. The zero-order chi connectivity index (χ0) is 22.5. The number of amides is 1. The number of ketones is 1. The monoisotopic (exact) mass is 443 g/mol. The van der Waals surface area contributed by atoms with Crippen molar-refractivity contribution in [3.63, 3.8) is 0 Å². The number of likely N-dealkylation sites (tertiary alicyclic amines) is 1.